The Morgan fingerprint density at radius 1 is 1.06 bits per heavy atom. The number of halogens is 1. The summed E-state index contributed by atoms with van der Waals surface area (Å²) in [6.07, 6.45) is 0. The van der Waals surface area contributed by atoms with Crippen LogP contribution < -0.4 is 10.1 Å². The molecule has 4 rings (SSSR count). The standard InChI is InChI=1S/C24H24ClN3O7/c1-33-20-6-4-15(25)10-16(20)14-3-5-18-17(9-14)24(32)28-8-7-27(11-19(28)23(31)26-18)21(29)12-35-13-22(30)34-2/h3-6,9-10,19H,7-8,11-13H2,1-2H3,(H,26,31)/t19-/m0/s1. The van der Waals surface area contributed by atoms with E-state index in [2.05, 4.69) is 10.1 Å². The normalized spacial score (nSPS) is 17.2. The number of piperazine rings is 1. The second-order valence-corrected chi connectivity index (χ2v) is 8.45. The molecule has 0 radical (unpaired) electrons. The van der Waals surface area contributed by atoms with E-state index < -0.39 is 17.9 Å². The second-order valence-electron chi connectivity index (χ2n) is 8.02. The van der Waals surface area contributed by atoms with Crippen LogP contribution in [-0.4, -0.2) is 86.6 Å². The number of anilines is 1. The zero-order valence-electron chi connectivity index (χ0n) is 19.2. The SMILES string of the molecule is COC(=O)COCC(=O)N1CCN2C(=O)c3cc(-c4cc(Cl)ccc4OC)ccc3NC(=O)[C@@H]2C1. The predicted molar refractivity (Wildman–Crippen MR) is 126 cm³/mol. The van der Waals surface area contributed by atoms with Crippen LogP contribution >= 0.6 is 11.6 Å². The van der Waals surface area contributed by atoms with Crippen LogP contribution in [0, 0.1) is 0 Å². The van der Waals surface area contributed by atoms with Crippen LogP contribution in [0.4, 0.5) is 5.69 Å². The maximum Gasteiger partial charge on any atom is 0.331 e. The van der Waals surface area contributed by atoms with Gasteiger partial charge in [-0.2, -0.15) is 0 Å². The van der Waals surface area contributed by atoms with Gasteiger partial charge in [-0.15, -0.1) is 0 Å². The third kappa shape index (κ3) is 5.08. The zero-order chi connectivity index (χ0) is 25.1. The summed E-state index contributed by atoms with van der Waals surface area (Å²) in [5, 5.41) is 3.33. The highest BCUT2D eigenvalue weighted by Crippen LogP contribution is 2.36. The van der Waals surface area contributed by atoms with Crippen LogP contribution in [0.2, 0.25) is 5.02 Å². The van der Waals surface area contributed by atoms with Gasteiger partial charge >= 0.3 is 5.97 Å². The van der Waals surface area contributed by atoms with Crippen molar-refractivity contribution in [2.45, 2.75) is 6.04 Å². The van der Waals surface area contributed by atoms with Gasteiger partial charge in [0.05, 0.1) is 32.0 Å². The molecular weight excluding hydrogens is 478 g/mol. The van der Waals surface area contributed by atoms with Crippen LogP contribution in [0.3, 0.4) is 0 Å². The fourth-order valence-corrected chi connectivity index (χ4v) is 4.30. The van der Waals surface area contributed by atoms with Gasteiger partial charge in [0.2, 0.25) is 11.8 Å². The minimum absolute atomic E-state index is 0.0148. The summed E-state index contributed by atoms with van der Waals surface area (Å²) >= 11 is 6.17. The van der Waals surface area contributed by atoms with Crippen molar-refractivity contribution in [3.63, 3.8) is 0 Å². The molecule has 1 N–H and O–H groups in total. The first-order valence-corrected chi connectivity index (χ1v) is 11.2. The van der Waals surface area contributed by atoms with Gasteiger partial charge in [0.15, 0.2) is 0 Å². The zero-order valence-corrected chi connectivity index (χ0v) is 20.0. The molecule has 2 aromatic rings. The van der Waals surface area contributed by atoms with Crippen molar-refractivity contribution >= 4 is 41.0 Å². The number of rotatable bonds is 6. The lowest BCUT2D eigenvalue weighted by Gasteiger charge is -2.39. The molecule has 0 bridgehead atoms. The van der Waals surface area contributed by atoms with E-state index in [1.54, 1.807) is 43.5 Å². The van der Waals surface area contributed by atoms with Gasteiger partial charge in [0, 0.05) is 23.7 Å². The van der Waals surface area contributed by atoms with Crippen LogP contribution in [0.15, 0.2) is 36.4 Å². The Morgan fingerprint density at radius 2 is 1.86 bits per heavy atom. The number of esters is 1. The molecule has 2 heterocycles. The summed E-state index contributed by atoms with van der Waals surface area (Å²) in [7, 11) is 2.77. The molecule has 0 aromatic heterocycles. The van der Waals surface area contributed by atoms with Gasteiger partial charge in [-0.25, -0.2) is 4.79 Å². The Kier molecular flexibility index (Phi) is 7.23. The molecule has 0 unspecified atom stereocenters. The highest BCUT2D eigenvalue weighted by atomic mass is 35.5. The van der Waals surface area contributed by atoms with Gasteiger partial charge in [-0.05, 0) is 35.9 Å². The first-order chi connectivity index (χ1) is 16.8. The first-order valence-electron chi connectivity index (χ1n) is 10.8. The average molecular weight is 502 g/mol. The van der Waals surface area contributed by atoms with Gasteiger partial charge in [-0.1, -0.05) is 17.7 Å². The molecule has 0 aliphatic carbocycles. The van der Waals surface area contributed by atoms with E-state index in [1.165, 1.54) is 16.9 Å². The fraction of sp³-hybridized carbons (Fsp3) is 0.333. The van der Waals surface area contributed by atoms with Crippen molar-refractivity contribution in [2.24, 2.45) is 0 Å². The lowest BCUT2D eigenvalue weighted by molar-refractivity contribution is -0.149. The van der Waals surface area contributed by atoms with Crippen molar-refractivity contribution in [1.82, 2.24) is 9.80 Å². The van der Waals surface area contributed by atoms with E-state index in [0.717, 1.165) is 0 Å². The summed E-state index contributed by atoms with van der Waals surface area (Å²) < 4.78 is 15.0. The number of hydrogen-bond donors (Lipinski definition) is 1. The number of amides is 3. The molecule has 0 spiro atoms. The van der Waals surface area contributed by atoms with E-state index >= 15 is 0 Å². The smallest absolute Gasteiger partial charge is 0.331 e. The van der Waals surface area contributed by atoms with Crippen molar-refractivity contribution in [1.29, 1.82) is 0 Å². The van der Waals surface area contributed by atoms with Crippen LogP contribution in [-0.2, 0) is 23.9 Å². The summed E-state index contributed by atoms with van der Waals surface area (Å²) in [5.74, 6) is -1.09. The summed E-state index contributed by atoms with van der Waals surface area (Å²) in [6.45, 7) is -0.264. The molecule has 0 saturated carbocycles. The summed E-state index contributed by atoms with van der Waals surface area (Å²) in [6, 6.07) is 9.49. The second kappa shape index (κ2) is 10.3. The number of benzene rings is 2. The predicted octanol–water partition coefficient (Wildman–Crippen LogP) is 1.81. The first kappa shape index (κ1) is 24.5. The Bertz CT molecular complexity index is 1190. The highest BCUT2D eigenvalue weighted by molar-refractivity contribution is 6.31. The van der Waals surface area contributed by atoms with Gasteiger partial charge in [0.1, 0.15) is 25.0 Å². The number of fused-ring (bicyclic) bond motifs is 2. The molecule has 1 atom stereocenters. The van der Waals surface area contributed by atoms with Gasteiger partial charge < -0.3 is 29.3 Å². The maximum absolute atomic E-state index is 13.5. The van der Waals surface area contributed by atoms with E-state index in [-0.39, 0.29) is 44.7 Å². The number of methoxy groups -OCH3 is 2. The fourth-order valence-electron chi connectivity index (χ4n) is 4.12. The summed E-state index contributed by atoms with van der Waals surface area (Å²) in [5.41, 5.74) is 2.14. The minimum Gasteiger partial charge on any atom is -0.496 e. The number of ether oxygens (including phenoxy) is 3. The van der Waals surface area contributed by atoms with E-state index in [9.17, 15) is 19.2 Å². The highest BCUT2D eigenvalue weighted by Gasteiger charge is 2.40. The van der Waals surface area contributed by atoms with Crippen LogP contribution in [0.25, 0.3) is 11.1 Å². The van der Waals surface area contributed by atoms with Crippen molar-refractivity contribution < 1.29 is 33.4 Å². The molecule has 1 saturated heterocycles. The third-order valence-corrected chi connectivity index (χ3v) is 6.19. The summed E-state index contributed by atoms with van der Waals surface area (Å²) in [4.78, 5) is 53.1. The quantitative estimate of drug-likeness (QED) is 0.600. The molecule has 2 aromatic carbocycles. The number of carbonyl (C=O) groups excluding carboxylic acids is 4. The Balaban J connectivity index is 1.54. The molecule has 184 valence electrons. The molecular formula is C24H24ClN3O7. The van der Waals surface area contributed by atoms with E-state index in [0.29, 0.717) is 33.1 Å². The molecule has 1 fully saturated rings. The molecule has 10 nitrogen and oxygen atoms in total. The molecule has 2 aliphatic rings. The Labute approximate surface area is 206 Å². The number of carbonyl (C=O) groups is 4. The van der Waals surface area contributed by atoms with Gasteiger partial charge in [0.25, 0.3) is 5.91 Å². The van der Waals surface area contributed by atoms with Crippen molar-refractivity contribution in [3.8, 4) is 16.9 Å². The van der Waals surface area contributed by atoms with E-state index in [1.807, 2.05) is 0 Å². The van der Waals surface area contributed by atoms with Crippen molar-refractivity contribution in [3.05, 3.63) is 47.0 Å². The largest absolute Gasteiger partial charge is 0.496 e. The van der Waals surface area contributed by atoms with E-state index in [4.69, 9.17) is 21.1 Å². The van der Waals surface area contributed by atoms with Gasteiger partial charge in [-0.3, -0.25) is 14.4 Å². The van der Waals surface area contributed by atoms with Crippen LogP contribution in [0.1, 0.15) is 10.4 Å². The van der Waals surface area contributed by atoms with Crippen molar-refractivity contribution in [2.75, 3.05) is 52.4 Å². The molecule has 11 heteroatoms. The topological polar surface area (TPSA) is 114 Å². The molecule has 2 aliphatic heterocycles. The number of hydrogen-bond acceptors (Lipinski definition) is 7. The number of nitrogens with one attached hydrogen (secondary N) is 1. The Hall–Kier alpha value is -3.63. The monoisotopic (exact) mass is 501 g/mol. The number of nitrogens with zero attached hydrogens (tertiary/aromatic N) is 2. The lowest BCUT2D eigenvalue weighted by Crippen LogP contribution is -2.60. The lowest BCUT2D eigenvalue weighted by atomic mass is 10.00. The molecule has 3 amide bonds. The Morgan fingerprint density at radius 3 is 2.60 bits per heavy atom. The minimum atomic E-state index is -0.864. The third-order valence-electron chi connectivity index (χ3n) is 5.95. The molecule has 35 heavy (non-hydrogen) atoms. The maximum atomic E-state index is 13.5. The van der Waals surface area contributed by atoms with Crippen LogP contribution in [0.5, 0.6) is 5.75 Å². The average Bonchev–Trinajstić information content (AvgIpc) is 2.97.